The molecule has 0 aliphatic rings. The van der Waals surface area contributed by atoms with Crippen LogP contribution in [0.4, 0.5) is 0 Å². The van der Waals surface area contributed by atoms with Crippen LogP contribution in [0.25, 0.3) is 22.8 Å². The number of amides is 1. The van der Waals surface area contributed by atoms with Crippen LogP contribution in [-0.2, 0) is 0 Å². The number of rotatable bonds is 6. The number of hydrogen-bond donors (Lipinski definition) is 1. The van der Waals surface area contributed by atoms with Gasteiger partial charge in [0, 0.05) is 11.1 Å². The molecular formula is C22H25N3O5. The third-order valence-electron chi connectivity index (χ3n) is 4.24. The van der Waals surface area contributed by atoms with E-state index in [0.717, 1.165) is 0 Å². The quantitative estimate of drug-likeness (QED) is 0.656. The molecule has 0 bridgehead atoms. The monoisotopic (exact) mass is 411 g/mol. The van der Waals surface area contributed by atoms with Crippen molar-refractivity contribution in [2.45, 2.75) is 26.3 Å². The third kappa shape index (κ3) is 4.37. The molecule has 0 saturated heterocycles. The van der Waals surface area contributed by atoms with Gasteiger partial charge in [-0.3, -0.25) is 4.79 Å². The first-order valence-corrected chi connectivity index (χ1v) is 9.33. The zero-order valence-electron chi connectivity index (χ0n) is 17.9. The lowest BCUT2D eigenvalue weighted by atomic mass is 10.0. The molecule has 0 atom stereocenters. The Morgan fingerprint density at radius 3 is 2.20 bits per heavy atom. The molecule has 0 aliphatic carbocycles. The Labute approximate surface area is 175 Å². The fourth-order valence-corrected chi connectivity index (χ4v) is 2.94. The maximum Gasteiger partial charge on any atom is 0.259 e. The first-order valence-electron chi connectivity index (χ1n) is 9.33. The van der Waals surface area contributed by atoms with Gasteiger partial charge >= 0.3 is 0 Å². The number of hydrogen-bond acceptors (Lipinski definition) is 7. The molecule has 0 unspecified atom stereocenters. The molecule has 0 aliphatic heterocycles. The molecule has 1 N–H and O–H groups in total. The molecule has 8 heteroatoms. The van der Waals surface area contributed by atoms with Crippen molar-refractivity contribution in [3.8, 4) is 40.1 Å². The molecular weight excluding hydrogens is 386 g/mol. The van der Waals surface area contributed by atoms with Gasteiger partial charge in [0.1, 0.15) is 0 Å². The number of aromatic nitrogens is 2. The minimum absolute atomic E-state index is 0.217. The van der Waals surface area contributed by atoms with E-state index in [9.17, 15) is 4.79 Å². The Hall–Kier alpha value is -3.55. The summed E-state index contributed by atoms with van der Waals surface area (Å²) in [5.41, 5.74) is 1.24. The van der Waals surface area contributed by atoms with E-state index in [1.54, 1.807) is 30.3 Å². The van der Waals surface area contributed by atoms with Gasteiger partial charge in [0.15, 0.2) is 11.5 Å². The van der Waals surface area contributed by atoms with Crippen LogP contribution in [0.15, 0.2) is 40.9 Å². The van der Waals surface area contributed by atoms with Crippen LogP contribution in [0.3, 0.4) is 0 Å². The number of ether oxygens (including phenoxy) is 3. The summed E-state index contributed by atoms with van der Waals surface area (Å²) in [6, 6.07) is 10.6. The van der Waals surface area contributed by atoms with Gasteiger partial charge in [-0.15, -0.1) is 0 Å². The van der Waals surface area contributed by atoms with E-state index in [1.807, 2.05) is 26.8 Å². The Balaban J connectivity index is 2.02. The van der Waals surface area contributed by atoms with Gasteiger partial charge in [0.05, 0.1) is 32.5 Å². The van der Waals surface area contributed by atoms with E-state index in [-0.39, 0.29) is 17.3 Å². The molecule has 0 spiro atoms. The summed E-state index contributed by atoms with van der Waals surface area (Å²) in [5.74, 6) is 1.77. The van der Waals surface area contributed by atoms with Crippen molar-refractivity contribution in [1.29, 1.82) is 0 Å². The van der Waals surface area contributed by atoms with Crippen molar-refractivity contribution in [2.75, 3.05) is 21.3 Å². The number of methoxy groups -OCH3 is 3. The predicted octanol–water partition coefficient (Wildman–Crippen LogP) is 3.96. The van der Waals surface area contributed by atoms with Crippen molar-refractivity contribution in [1.82, 2.24) is 15.5 Å². The molecule has 158 valence electrons. The second-order valence-electron chi connectivity index (χ2n) is 7.59. The Kier molecular flexibility index (Phi) is 5.96. The molecule has 1 heterocycles. The second-order valence-corrected chi connectivity index (χ2v) is 7.59. The van der Waals surface area contributed by atoms with Crippen LogP contribution in [-0.4, -0.2) is 42.9 Å². The van der Waals surface area contributed by atoms with E-state index in [0.29, 0.717) is 39.8 Å². The van der Waals surface area contributed by atoms with E-state index >= 15 is 0 Å². The topological polar surface area (TPSA) is 95.7 Å². The van der Waals surface area contributed by atoms with Gasteiger partial charge in [0.2, 0.25) is 11.6 Å². The molecule has 1 amide bonds. The van der Waals surface area contributed by atoms with Crippen molar-refractivity contribution >= 4 is 5.91 Å². The zero-order chi connectivity index (χ0) is 21.9. The number of carbonyl (C=O) groups excluding carboxylic acids is 1. The third-order valence-corrected chi connectivity index (χ3v) is 4.24. The van der Waals surface area contributed by atoms with Crippen LogP contribution in [0.2, 0.25) is 0 Å². The van der Waals surface area contributed by atoms with E-state index in [4.69, 9.17) is 18.7 Å². The summed E-state index contributed by atoms with van der Waals surface area (Å²) in [6.07, 6.45) is 0. The number of nitrogens with one attached hydrogen (secondary N) is 1. The van der Waals surface area contributed by atoms with E-state index in [1.165, 1.54) is 21.3 Å². The largest absolute Gasteiger partial charge is 0.493 e. The van der Waals surface area contributed by atoms with Gasteiger partial charge in [-0.1, -0.05) is 17.3 Å². The van der Waals surface area contributed by atoms with Crippen LogP contribution >= 0.6 is 0 Å². The lowest BCUT2D eigenvalue weighted by molar-refractivity contribution is 0.0920. The summed E-state index contributed by atoms with van der Waals surface area (Å²) in [7, 11) is 4.60. The lowest BCUT2D eigenvalue weighted by Gasteiger charge is -2.21. The standard InChI is InChI=1S/C22H25N3O5/c1-22(2,3)24-20(26)14-9-7-8-10-15(14)21-23-19(25-30-21)13-11-16(27-4)18(29-6)17(12-13)28-5/h7-12H,1-6H3,(H,24,26). The summed E-state index contributed by atoms with van der Waals surface area (Å²) in [5, 5.41) is 7.03. The predicted molar refractivity (Wildman–Crippen MR) is 112 cm³/mol. The number of benzene rings is 2. The highest BCUT2D eigenvalue weighted by Crippen LogP contribution is 2.40. The van der Waals surface area contributed by atoms with Gasteiger partial charge in [-0.2, -0.15) is 4.98 Å². The molecule has 0 fully saturated rings. The zero-order valence-corrected chi connectivity index (χ0v) is 17.9. The first-order chi connectivity index (χ1) is 14.3. The number of nitrogens with zero attached hydrogens (tertiary/aromatic N) is 2. The molecule has 1 aromatic heterocycles. The van der Waals surface area contributed by atoms with E-state index < -0.39 is 0 Å². The minimum Gasteiger partial charge on any atom is -0.493 e. The van der Waals surface area contributed by atoms with Gasteiger partial charge in [0.25, 0.3) is 11.8 Å². The molecule has 2 aromatic carbocycles. The van der Waals surface area contributed by atoms with Crippen molar-refractivity contribution in [3.63, 3.8) is 0 Å². The smallest absolute Gasteiger partial charge is 0.259 e. The second kappa shape index (κ2) is 8.44. The average molecular weight is 411 g/mol. The Morgan fingerprint density at radius 2 is 1.63 bits per heavy atom. The highest BCUT2D eigenvalue weighted by Gasteiger charge is 2.22. The first kappa shape index (κ1) is 21.2. The van der Waals surface area contributed by atoms with Crippen molar-refractivity contribution in [2.24, 2.45) is 0 Å². The lowest BCUT2D eigenvalue weighted by Crippen LogP contribution is -2.40. The van der Waals surface area contributed by atoms with Gasteiger partial charge in [-0.25, -0.2) is 0 Å². The molecule has 8 nitrogen and oxygen atoms in total. The van der Waals surface area contributed by atoms with Crippen molar-refractivity contribution in [3.05, 3.63) is 42.0 Å². The summed E-state index contributed by atoms with van der Waals surface area (Å²) >= 11 is 0. The van der Waals surface area contributed by atoms with Crippen molar-refractivity contribution < 1.29 is 23.5 Å². The minimum atomic E-state index is -0.375. The summed E-state index contributed by atoms with van der Waals surface area (Å²) in [4.78, 5) is 17.2. The van der Waals surface area contributed by atoms with Crippen LogP contribution < -0.4 is 19.5 Å². The SMILES string of the molecule is COc1cc(-c2noc(-c3ccccc3C(=O)NC(C)(C)C)n2)cc(OC)c1OC. The molecule has 3 rings (SSSR count). The maximum atomic E-state index is 12.7. The van der Waals surface area contributed by atoms with Crippen LogP contribution in [0, 0.1) is 0 Å². The normalized spacial score (nSPS) is 11.1. The fourth-order valence-electron chi connectivity index (χ4n) is 2.94. The highest BCUT2D eigenvalue weighted by atomic mass is 16.5. The maximum absolute atomic E-state index is 12.7. The van der Waals surface area contributed by atoms with E-state index in [2.05, 4.69) is 15.5 Å². The molecule has 0 radical (unpaired) electrons. The molecule has 3 aromatic rings. The highest BCUT2D eigenvalue weighted by molar-refractivity contribution is 6.00. The summed E-state index contributed by atoms with van der Waals surface area (Å²) in [6.45, 7) is 5.76. The fraction of sp³-hybridized carbons (Fsp3) is 0.318. The number of carbonyl (C=O) groups is 1. The van der Waals surface area contributed by atoms with Gasteiger partial charge in [-0.05, 0) is 45.0 Å². The average Bonchev–Trinajstić information content (AvgIpc) is 3.21. The van der Waals surface area contributed by atoms with Crippen LogP contribution in [0.1, 0.15) is 31.1 Å². The molecule has 0 saturated carbocycles. The van der Waals surface area contributed by atoms with Gasteiger partial charge < -0.3 is 24.1 Å². The Morgan fingerprint density at radius 1 is 1.00 bits per heavy atom. The molecule has 30 heavy (non-hydrogen) atoms. The van der Waals surface area contributed by atoms with Crippen LogP contribution in [0.5, 0.6) is 17.2 Å². The Bertz CT molecular complexity index is 1030. The summed E-state index contributed by atoms with van der Waals surface area (Å²) < 4.78 is 21.6.